The van der Waals surface area contributed by atoms with Crippen LogP contribution in [0.4, 0.5) is 0 Å². The van der Waals surface area contributed by atoms with Crippen LogP contribution >= 0.6 is 11.3 Å². The van der Waals surface area contributed by atoms with E-state index in [1.54, 1.807) is 23.2 Å². The lowest BCUT2D eigenvalue weighted by Crippen LogP contribution is -2.50. The number of rotatable bonds is 3. The Morgan fingerprint density at radius 1 is 1.13 bits per heavy atom. The number of nitrogens with zero attached hydrogens (tertiary/aromatic N) is 2. The van der Waals surface area contributed by atoms with Gasteiger partial charge in [0.2, 0.25) is 10.0 Å². The maximum atomic E-state index is 12.7. The molecule has 5 nitrogen and oxygen atoms in total. The van der Waals surface area contributed by atoms with E-state index in [1.807, 2.05) is 0 Å². The molecule has 0 N–H and O–H groups in total. The van der Waals surface area contributed by atoms with Gasteiger partial charge in [-0.3, -0.25) is 4.79 Å². The average Bonchev–Trinajstić information content (AvgIpc) is 2.85. The molecule has 0 radical (unpaired) electrons. The lowest BCUT2D eigenvalue weighted by molar-refractivity contribution is 0.0703. The van der Waals surface area contributed by atoms with E-state index >= 15 is 0 Å². The van der Waals surface area contributed by atoms with Gasteiger partial charge in [-0.05, 0) is 44.2 Å². The summed E-state index contributed by atoms with van der Waals surface area (Å²) in [5, 5.41) is 0. The van der Waals surface area contributed by atoms with Crippen LogP contribution in [-0.4, -0.2) is 55.5 Å². The molecule has 0 bridgehead atoms. The fraction of sp³-hybridized carbons (Fsp3) is 0.688. The maximum Gasteiger partial charge on any atom is 0.264 e. The molecule has 2 aliphatic rings. The van der Waals surface area contributed by atoms with Gasteiger partial charge in [-0.25, -0.2) is 8.42 Å². The minimum Gasteiger partial charge on any atom is -0.335 e. The Labute approximate surface area is 142 Å². The van der Waals surface area contributed by atoms with Crippen LogP contribution in [0.2, 0.25) is 0 Å². The Morgan fingerprint density at radius 3 is 2.52 bits per heavy atom. The molecule has 0 unspecified atom stereocenters. The first-order valence-corrected chi connectivity index (χ1v) is 10.8. The van der Waals surface area contributed by atoms with Crippen molar-refractivity contribution in [3.05, 3.63) is 21.4 Å². The molecule has 23 heavy (non-hydrogen) atoms. The van der Waals surface area contributed by atoms with E-state index in [-0.39, 0.29) is 11.7 Å². The van der Waals surface area contributed by atoms with Crippen molar-refractivity contribution >= 4 is 27.3 Å². The molecule has 1 fully saturated rings. The summed E-state index contributed by atoms with van der Waals surface area (Å²) < 4.78 is 25.3. The van der Waals surface area contributed by atoms with Crippen molar-refractivity contribution in [2.75, 3.05) is 31.9 Å². The molecule has 1 aromatic heterocycles. The van der Waals surface area contributed by atoms with E-state index in [9.17, 15) is 13.2 Å². The number of sulfonamides is 1. The van der Waals surface area contributed by atoms with Crippen molar-refractivity contribution in [3.63, 3.8) is 0 Å². The van der Waals surface area contributed by atoms with Crippen LogP contribution in [0.25, 0.3) is 0 Å². The fourth-order valence-corrected chi connectivity index (χ4v) is 5.59. The lowest BCUT2D eigenvalue weighted by atomic mass is 10.1. The first-order chi connectivity index (χ1) is 11.0. The zero-order valence-electron chi connectivity index (χ0n) is 13.6. The topological polar surface area (TPSA) is 57.7 Å². The highest BCUT2D eigenvalue weighted by molar-refractivity contribution is 7.89. The standard InChI is InChI=1S/C16H24N2O3S2/c1-2-23(20,21)18-10-8-17(9-11-18)16(19)15-12-13-6-4-3-5-7-14(13)22-15/h12H,2-11H2,1H3. The van der Waals surface area contributed by atoms with Gasteiger partial charge in [-0.1, -0.05) is 6.42 Å². The van der Waals surface area contributed by atoms with Gasteiger partial charge in [0.1, 0.15) is 0 Å². The predicted molar refractivity (Wildman–Crippen MR) is 92.5 cm³/mol. The van der Waals surface area contributed by atoms with Crippen LogP contribution in [0.15, 0.2) is 6.07 Å². The van der Waals surface area contributed by atoms with E-state index < -0.39 is 10.0 Å². The summed E-state index contributed by atoms with van der Waals surface area (Å²) in [6.07, 6.45) is 5.88. The Morgan fingerprint density at radius 2 is 1.83 bits per heavy atom. The second kappa shape index (κ2) is 6.91. The molecule has 0 aromatic carbocycles. The molecule has 1 aliphatic carbocycles. The number of carbonyl (C=O) groups is 1. The number of hydrogen-bond donors (Lipinski definition) is 0. The smallest absolute Gasteiger partial charge is 0.264 e. The summed E-state index contributed by atoms with van der Waals surface area (Å²) in [5.74, 6) is 0.190. The van der Waals surface area contributed by atoms with Crippen molar-refractivity contribution in [1.82, 2.24) is 9.21 Å². The van der Waals surface area contributed by atoms with Crippen LogP contribution < -0.4 is 0 Å². The van der Waals surface area contributed by atoms with Gasteiger partial charge < -0.3 is 4.90 Å². The summed E-state index contributed by atoms with van der Waals surface area (Å²) in [6, 6.07) is 2.07. The van der Waals surface area contributed by atoms with Gasteiger partial charge >= 0.3 is 0 Å². The van der Waals surface area contributed by atoms with Crippen molar-refractivity contribution in [3.8, 4) is 0 Å². The lowest BCUT2D eigenvalue weighted by Gasteiger charge is -2.33. The predicted octanol–water partition coefficient (Wildman–Crippen LogP) is 2.12. The molecule has 128 valence electrons. The Bertz CT molecular complexity index is 650. The Kier molecular flexibility index (Phi) is 5.08. The van der Waals surface area contributed by atoms with Crippen molar-refractivity contribution in [2.24, 2.45) is 0 Å². The quantitative estimate of drug-likeness (QED) is 0.780. The number of amides is 1. The zero-order chi connectivity index (χ0) is 16.4. The van der Waals surface area contributed by atoms with E-state index in [4.69, 9.17) is 0 Å². The molecule has 0 spiro atoms. The van der Waals surface area contributed by atoms with Gasteiger partial charge in [0, 0.05) is 31.1 Å². The van der Waals surface area contributed by atoms with E-state index in [1.165, 1.54) is 34.0 Å². The summed E-state index contributed by atoms with van der Waals surface area (Å²) in [6.45, 7) is 3.45. The van der Waals surface area contributed by atoms with Gasteiger partial charge in [0.25, 0.3) is 5.91 Å². The van der Waals surface area contributed by atoms with E-state index in [0.29, 0.717) is 26.2 Å². The highest BCUT2D eigenvalue weighted by atomic mass is 32.2. The normalized spacial score (nSPS) is 20.1. The van der Waals surface area contributed by atoms with Crippen molar-refractivity contribution < 1.29 is 13.2 Å². The molecule has 1 aliphatic heterocycles. The first kappa shape index (κ1) is 16.9. The molecule has 0 atom stereocenters. The molecule has 0 saturated carbocycles. The van der Waals surface area contributed by atoms with Crippen molar-refractivity contribution in [1.29, 1.82) is 0 Å². The molecule has 3 rings (SSSR count). The molecular formula is C16H24N2O3S2. The second-order valence-electron chi connectivity index (χ2n) is 6.21. The number of fused-ring (bicyclic) bond motifs is 1. The van der Waals surface area contributed by atoms with Crippen LogP contribution in [0.5, 0.6) is 0 Å². The summed E-state index contributed by atoms with van der Waals surface area (Å²) in [5.41, 5.74) is 1.35. The van der Waals surface area contributed by atoms with Crippen LogP contribution in [0, 0.1) is 0 Å². The number of thiophene rings is 1. The van der Waals surface area contributed by atoms with Gasteiger partial charge in [-0.15, -0.1) is 11.3 Å². The molecule has 1 aromatic rings. The molecular weight excluding hydrogens is 332 g/mol. The highest BCUT2D eigenvalue weighted by Gasteiger charge is 2.29. The third kappa shape index (κ3) is 3.61. The molecule has 2 heterocycles. The number of hydrogen-bond acceptors (Lipinski definition) is 4. The van der Waals surface area contributed by atoms with Crippen LogP contribution in [0.1, 0.15) is 46.3 Å². The van der Waals surface area contributed by atoms with E-state index in [2.05, 4.69) is 6.07 Å². The highest BCUT2D eigenvalue weighted by Crippen LogP contribution is 2.30. The Hall–Kier alpha value is -0.920. The summed E-state index contributed by atoms with van der Waals surface area (Å²) >= 11 is 1.64. The van der Waals surface area contributed by atoms with Crippen LogP contribution in [0.3, 0.4) is 0 Å². The average molecular weight is 357 g/mol. The molecule has 1 amide bonds. The fourth-order valence-electron chi connectivity index (χ4n) is 3.28. The molecule has 1 saturated heterocycles. The third-order valence-electron chi connectivity index (χ3n) is 4.74. The minimum atomic E-state index is -3.14. The Balaban J connectivity index is 1.66. The maximum absolute atomic E-state index is 12.7. The number of piperazine rings is 1. The molecule has 7 heteroatoms. The van der Waals surface area contributed by atoms with Gasteiger partial charge in [-0.2, -0.15) is 4.31 Å². The minimum absolute atomic E-state index is 0.0663. The SMILES string of the molecule is CCS(=O)(=O)N1CCN(C(=O)c2cc3c(s2)CCCCC3)CC1. The first-order valence-electron chi connectivity index (χ1n) is 8.40. The van der Waals surface area contributed by atoms with Crippen molar-refractivity contribution in [2.45, 2.75) is 39.0 Å². The monoisotopic (exact) mass is 356 g/mol. The van der Waals surface area contributed by atoms with E-state index in [0.717, 1.165) is 17.7 Å². The second-order valence-corrected chi connectivity index (χ2v) is 9.61. The zero-order valence-corrected chi connectivity index (χ0v) is 15.2. The largest absolute Gasteiger partial charge is 0.335 e. The van der Waals surface area contributed by atoms with Gasteiger partial charge in [0.15, 0.2) is 0 Å². The van der Waals surface area contributed by atoms with Gasteiger partial charge in [0.05, 0.1) is 10.6 Å². The van der Waals surface area contributed by atoms with Crippen LogP contribution in [-0.2, 0) is 22.9 Å². The number of aryl methyl sites for hydroxylation is 2. The number of carbonyl (C=O) groups excluding carboxylic acids is 1. The summed E-state index contributed by atoms with van der Waals surface area (Å²) in [4.78, 5) is 16.7. The third-order valence-corrected chi connectivity index (χ3v) is 7.85. The summed E-state index contributed by atoms with van der Waals surface area (Å²) in [7, 11) is -3.14.